The highest BCUT2D eigenvalue weighted by Crippen LogP contribution is 2.24. The monoisotopic (exact) mass is 246 g/mol. The van der Waals surface area contributed by atoms with Crippen LogP contribution in [0, 0.1) is 5.92 Å². The van der Waals surface area contributed by atoms with Crippen molar-refractivity contribution in [3.8, 4) is 0 Å². The van der Waals surface area contributed by atoms with E-state index in [1.807, 2.05) is 0 Å². The van der Waals surface area contributed by atoms with Crippen molar-refractivity contribution in [2.24, 2.45) is 5.92 Å². The van der Waals surface area contributed by atoms with E-state index in [0.717, 1.165) is 12.0 Å². The molecule has 1 nitrogen and oxygen atoms in total. The number of hydrogen-bond acceptors (Lipinski definition) is 1. The fourth-order valence-electron chi connectivity index (χ4n) is 1.43. The molecule has 0 radical (unpaired) electrons. The van der Waals surface area contributed by atoms with Crippen LogP contribution in [0.3, 0.4) is 0 Å². The average Bonchev–Trinajstić information content (AvgIpc) is 2.15. The third kappa shape index (κ3) is 3.56. The number of halogens is 3. The van der Waals surface area contributed by atoms with E-state index >= 15 is 0 Å². The predicted octanol–water partition coefficient (Wildman–Crippen LogP) is 3.90. The molecule has 0 aliphatic carbocycles. The molecule has 1 rings (SSSR count). The van der Waals surface area contributed by atoms with Crippen LogP contribution in [-0.4, -0.2) is 11.2 Å². The molecule has 0 spiro atoms. The van der Waals surface area contributed by atoms with Crippen LogP contribution in [0.25, 0.3) is 0 Å². The summed E-state index contributed by atoms with van der Waals surface area (Å²) in [4.78, 5) is 11.1. The zero-order chi connectivity index (χ0) is 12.3. The standard InChI is InChI=1S/C12H13ClF2O/c1-8(2)7-9-3-5-10(6-4-9)11(16)12(13,14)15/h3-6,8H,7H2,1-2H3. The summed E-state index contributed by atoms with van der Waals surface area (Å²) >= 11 is 4.66. The smallest absolute Gasteiger partial charge is 0.286 e. The second kappa shape index (κ2) is 4.91. The van der Waals surface area contributed by atoms with E-state index in [0.29, 0.717) is 5.92 Å². The van der Waals surface area contributed by atoms with Crippen LogP contribution in [-0.2, 0) is 6.42 Å². The fraction of sp³-hybridized carbons (Fsp3) is 0.417. The lowest BCUT2D eigenvalue weighted by Crippen LogP contribution is -2.21. The first-order chi connectivity index (χ1) is 7.30. The first-order valence-electron chi connectivity index (χ1n) is 5.01. The number of alkyl halides is 3. The molecule has 0 aliphatic rings. The Morgan fingerprint density at radius 1 is 1.31 bits per heavy atom. The summed E-state index contributed by atoms with van der Waals surface area (Å²) in [7, 11) is 0. The summed E-state index contributed by atoms with van der Waals surface area (Å²) < 4.78 is 25.1. The van der Waals surface area contributed by atoms with E-state index in [4.69, 9.17) is 0 Å². The Labute approximate surface area is 98.4 Å². The Bertz CT molecular complexity index is 366. The zero-order valence-electron chi connectivity index (χ0n) is 9.14. The summed E-state index contributed by atoms with van der Waals surface area (Å²) in [6.07, 6.45) is 0.853. The van der Waals surface area contributed by atoms with Gasteiger partial charge in [0.2, 0.25) is 5.78 Å². The first kappa shape index (κ1) is 13.1. The van der Waals surface area contributed by atoms with Crippen molar-refractivity contribution >= 4 is 17.4 Å². The van der Waals surface area contributed by atoms with Crippen LogP contribution in [0.4, 0.5) is 8.78 Å². The Morgan fingerprint density at radius 2 is 1.81 bits per heavy atom. The molecule has 1 aromatic carbocycles. The van der Waals surface area contributed by atoms with Crippen molar-refractivity contribution < 1.29 is 13.6 Å². The maximum atomic E-state index is 12.5. The normalized spacial score (nSPS) is 11.9. The zero-order valence-corrected chi connectivity index (χ0v) is 9.89. The largest absolute Gasteiger partial charge is 0.384 e. The number of benzene rings is 1. The van der Waals surface area contributed by atoms with Crippen LogP contribution in [0.15, 0.2) is 24.3 Å². The number of ketones is 1. The Hall–Kier alpha value is -0.960. The molecule has 4 heteroatoms. The molecule has 1 aromatic rings. The highest BCUT2D eigenvalue weighted by Gasteiger charge is 2.36. The van der Waals surface area contributed by atoms with Gasteiger partial charge in [0.05, 0.1) is 0 Å². The second-order valence-corrected chi connectivity index (χ2v) is 4.60. The van der Waals surface area contributed by atoms with E-state index in [9.17, 15) is 13.6 Å². The van der Waals surface area contributed by atoms with Crippen LogP contribution < -0.4 is 0 Å². The molecule has 0 saturated heterocycles. The minimum absolute atomic E-state index is 0.0625. The van der Waals surface area contributed by atoms with Gasteiger partial charge in [-0.1, -0.05) is 38.1 Å². The van der Waals surface area contributed by atoms with E-state index in [1.165, 1.54) is 12.1 Å². The van der Waals surface area contributed by atoms with Gasteiger partial charge in [0, 0.05) is 5.56 Å². The minimum Gasteiger partial charge on any atom is -0.286 e. The Balaban J connectivity index is 2.83. The number of Topliss-reactive ketones (excluding diaryl/α,β-unsaturated/α-hetero) is 1. The minimum atomic E-state index is -3.82. The van der Waals surface area contributed by atoms with Gasteiger partial charge in [-0.3, -0.25) is 4.79 Å². The van der Waals surface area contributed by atoms with E-state index in [2.05, 4.69) is 25.4 Å². The lowest BCUT2D eigenvalue weighted by Gasteiger charge is -2.08. The summed E-state index contributed by atoms with van der Waals surface area (Å²) in [5, 5.41) is -3.82. The topological polar surface area (TPSA) is 17.1 Å². The molecule has 0 heterocycles. The third-order valence-electron chi connectivity index (χ3n) is 2.12. The van der Waals surface area contributed by atoms with Gasteiger partial charge in [-0.05, 0) is 29.5 Å². The lowest BCUT2D eigenvalue weighted by atomic mass is 10.0. The third-order valence-corrected chi connectivity index (χ3v) is 2.29. The predicted molar refractivity (Wildman–Crippen MR) is 60.1 cm³/mol. The number of carbonyl (C=O) groups excluding carboxylic acids is 1. The number of hydrogen-bond donors (Lipinski definition) is 0. The van der Waals surface area contributed by atoms with Gasteiger partial charge in [0.1, 0.15) is 0 Å². The Morgan fingerprint density at radius 3 is 2.19 bits per heavy atom. The molecule has 0 aliphatic heterocycles. The summed E-state index contributed by atoms with van der Waals surface area (Å²) in [6, 6.07) is 6.12. The SMILES string of the molecule is CC(C)Cc1ccc(C(=O)C(F)(F)Cl)cc1. The quantitative estimate of drug-likeness (QED) is 0.582. The van der Waals surface area contributed by atoms with E-state index in [-0.39, 0.29) is 5.56 Å². The van der Waals surface area contributed by atoms with Crippen LogP contribution >= 0.6 is 11.6 Å². The molecule has 0 N–H and O–H groups in total. The number of carbonyl (C=O) groups is 1. The van der Waals surface area contributed by atoms with E-state index < -0.39 is 11.2 Å². The molecule has 0 fully saturated rings. The van der Waals surface area contributed by atoms with Crippen molar-refractivity contribution in [3.63, 3.8) is 0 Å². The molecular formula is C12H13ClF2O. The van der Waals surface area contributed by atoms with Crippen molar-refractivity contribution in [2.45, 2.75) is 25.7 Å². The molecule has 0 unspecified atom stereocenters. The maximum Gasteiger partial charge on any atom is 0.384 e. The van der Waals surface area contributed by atoms with E-state index in [1.54, 1.807) is 12.1 Å². The van der Waals surface area contributed by atoms with Crippen LogP contribution in [0.2, 0.25) is 0 Å². The summed E-state index contributed by atoms with van der Waals surface area (Å²) in [5.74, 6) is -0.874. The van der Waals surface area contributed by atoms with Gasteiger partial charge in [-0.2, -0.15) is 8.78 Å². The maximum absolute atomic E-state index is 12.5. The van der Waals surface area contributed by atoms with Gasteiger partial charge < -0.3 is 0 Å². The molecule has 16 heavy (non-hydrogen) atoms. The average molecular weight is 247 g/mol. The van der Waals surface area contributed by atoms with Crippen molar-refractivity contribution in [1.29, 1.82) is 0 Å². The van der Waals surface area contributed by atoms with Gasteiger partial charge in [-0.15, -0.1) is 0 Å². The van der Waals surface area contributed by atoms with Crippen molar-refractivity contribution in [2.75, 3.05) is 0 Å². The van der Waals surface area contributed by atoms with Crippen LogP contribution in [0.5, 0.6) is 0 Å². The lowest BCUT2D eigenvalue weighted by molar-refractivity contribution is 0.0536. The van der Waals surface area contributed by atoms with Crippen LogP contribution in [0.1, 0.15) is 29.8 Å². The van der Waals surface area contributed by atoms with Gasteiger partial charge in [0.15, 0.2) is 0 Å². The molecular weight excluding hydrogens is 234 g/mol. The highest BCUT2D eigenvalue weighted by atomic mass is 35.5. The molecule has 0 atom stereocenters. The van der Waals surface area contributed by atoms with Crippen molar-refractivity contribution in [3.05, 3.63) is 35.4 Å². The highest BCUT2D eigenvalue weighted by molar-refractivity contribution is 6.35. The molecule has 0 bridgehead atoms. The number of rotatable bonds is 4. The molecule has 0 saturated carbocycles. The molecule has 0 amide bonds. The van der Waals surface area contributed by atoms with Crippen molar-refractivity contribution in [1.82, 2.24) is 0 Å². The molecule has 0 aromatic heterocycles. The summed E-state index contributed by atoms with van der Waals surface area (Å²) in [6.45, 7) is 4.12. The van der Waals surface area contributed by atoms with Gasteiger partial charge in [0.25, 0.3) is 0 Å². The second-order valence-electron chi connectivity index (χ2n) is 4.12. The Kier molecular flexibility index (Phi) is 4.03. The fourth-order valence-corrected chi connectivity index (χ4v) is 1.54. The first-order valence-corrected chi connectivity index (χ1v) is 5.39. The van der Waals surface area contributed by atoms with Gasteiger partial charge in [-0.25, -0.2) is 0 Å². The molecule has 88 valence electrons. The summed E-state index contributed by atoms with van der Waals surface area (Å²) in [5.41, 5.74) is 0.956. The van der Waals surface area contributed by atoms with Gasteiger partial charge >= 0.3 is 5.38 Å².